The zero-order valence-electron chi connectivity index (χ0n) is 6.29. The van der Waals surface area contributed by atoms with Gasteiger partial charge in [0.1, 0.15) is 7.85 Å². The summed E-state index contributed by atoms with van der Waals surface area (Å²) in [5, 5.41) is 0. The lowest BCUT2D eigenvalue weighted by Crippen LogP contribution is -2.15. The molecule has 2 heteroatoms. The van der Waals surface area contributed by atoms with Gasteiger partial charge in [0, 0.05) is 6.00 Å². The van der Waals surface area contributed by atoms with E-state index >= 15 is 0 Å². The standard InChI is InChI=1S/C7H13BO/c1-4-5(2)7(8)9-6(4)3/h4-7H,1-3H3. The molecule has 0 aromatic carbocycles. The fourth-order valence-corrected chi connectivity index (χ4v) is 1.22. The van der Waals surface area contributed by atoms with Crippen LogP contribution in [0.2, 0.25) is 0 Å². The van der Waals surface area contributed by atoms with Gasteiger partial charge in [-0.15, -0.1) is 0 Å². The maximum atomic E-state index is 5.64. The second-order valence-electron chi connectivity index (χ2n) is 3.02. The summed E-state index contributed by atoms with van der Waals surface area (Å²) in [7, 11) is 5.64. The summed E-state index contributed by atoms with van der Waals surface area (Å²) >= 11 is 0. The van der Waals surface area contributed by atoms with Crippen molar-refractivity contribution in [1.82, 2.24) is 0 Å². The van der Waals surface area contributed by atoms with Gasteiger partial charge in [0.2, 0.25) is 0 Å². The van der Waals surface area contributed by atoms with Crippen LogP contribution in [0.5, 0.6) is 0 Å². The molecule has 0 saturated carbocycles. The number of hydrogen-bond acceptors (Lipinski definition) is 1. The summed E-state index contributed by atoms with van der Waals surface area (Å²) in [6, 6.07) is -0.0324. The van der Waals surface area contributed by atoms with Gasteiger partial charge in [-0.25, -0.2) is 0 Å². The molecule has 50 valence electrons. The first-order valence-corrected chi connectivity index (χ1v) is 3.54. The van der Waals surface area contributed by atoms with Gasteiger partial charge in [-0.2, -0.15) is 0 Å². The summed E-state index contributed by atoms with van der Waals surface area (Å²) in [5.41, 5.74) is 0. The molecule has 1 nitrogen and oxygen atoms in total. The first kappa shape index (κ1) is 7.14. The quantitative estimate of drug-likeness (QED) is 0.440. The van der Waals surface area contributed by atoms with Crippen LogP contribution in [0, 0.1) is 11.8 Å². The Kier molecular flexibility index (Phi) is 1.85. The van der Waals surface area contributed by atoms with E-state index in [1.54, 1.807) is 0 Å². The predicted octanol–water partition coefficient (Wildman–Crippen LogP) is 1.17. The van der Waals surface area contributed by atoms with Crippen LogP contribution in [0.4, 0.5) is 0 Å². The summed E-state index contributed by atoms with van der Waals surface area (Å²) in [5.74, 6) is 1.12. The van der Waals surface area contributed by atoms with E-state index in [1.165, 1.54) is 0 Å². The summed E-state index contributed by atoms with van der Waals surface area (Å²) < 4.78 is 5.36. The van der Waals surface area contributed by atoms with E-state index in [-0.39, 0.29) is 6.00 Å². The molecule has 1 rings (SSSR count). The van der Waals surface area contributed by atoms with Crippen molar-refractivity contribution in [2.75, 3.05) is 0 Å². The fourth-order valence-electron chi connectivity index (χ4n) is 1.22. The monoisotopic (exact) mass is 124 g/mol. The zero-order valence-corrected chi connectivity index (χ0v) is 6.29. The van der Waals surface area contributed by atoms with E-state index in [0.29, 0.717) is 17.9 Å². The van der Waals surface area contributed by atoms with Crippen LogP contribution in [0.1, 0.15) is 20.8 Å². The highest BCUT2D eigenvalue weighted by atomic mass is 16.5. The molecule has 2 radical (unpaired) electrons. The van der Waals surface area contributed by atoms with E-state index in [2.05, 4.69) is 20.8 Å². The molecule has 0 bridgehead atoms. The molecule has 0 N–H and O–H groups in total. The smallest absolute Gasteiger partial charge is 0.109 e. The van der Waals surface area contributed by atoms with Crippen LogP contribution in [-0.2, 0) is 4.74 Å². The van der Waals surface area contributed by atoms with Crippen molar-refractivity contribution in [3.05, 3.63) is 0 Å². The lowest BCUT2D eigenvalue weighted by molar-refractivity contribution is 0.0856. The Morgan fingerprint density at radius 1 is 1.11 bits per heavy atom. The van der Waals surface area contributed by atoms with Crippen LogP contribution in [0.15, 0.2) is 0 Å². The highest BCUT2D eigenvalue weighted by Crippen LogP contribution is 2.29. The second kappa shape index (κ2) is 2.33. The maximum absolute atomic E-state index is 5.64. The van der Waals surface area contributed by atoms with Gasteiger partial charge in [-0.1, -0.05) is 13.8 Å². The Balaban J connectivity index is 2.54. The van der Waals surface area contributed by atoms with Gasteiger partial charge >= 0.3 is 0 Å². The largest absolute Gasteiger partial charge is 0.384 e. The Morgan fingerprint density at radius 2 is 1.67 bits per heavy atom. The third kappa shape index (κ3) is 1.13. The summed E-state index contributed by atoms with van der Waals surface area (Å²) in [6.45, 7) is 6.40. The van der Waals surface area contributed by atoms with Gasteiger partial charge in [0.25, 0.3) is 0 Å². The topological polar surface area (TPSA) is 9.23 Å². The van der Waals surface area contributed by atoms with E-state index in [1.807, 2.05) is 0 Å². The van der Waals surface area contributed by atoms with Crippen molar-refractivity contribution in [3.63, 3.8) is 0 Å². The van der Waals surface area contributed by atoms with Crippen LogP contribution in [-0.4, -0.2) is 20.0 Å². The first-order chi connectivity index (χ1) is 4.13. The Labute approximate surface area is 58.2 Å². The van der Waals surface area contributed by atoms with Gasteiger partial charge in [0.05, 0.1) is 6.10 Å². The number of ether oxygens (including phenoxy) is 1. The van der Waals surface area contributed by atoms with Crippen molar-refractivity contribution in [2.24, 2.45) is 11.8 Å². The van der Waals surface area contributed by atoms with Crippen LogP contribution < -0.4 is 0 Å². The number of rotatable bonds is 0. The summed E-state index contributed by atoms with van der Waals surface area (Å²) in [6.07, 6.45) is 0.343. The molecule has 0 aromatic rings. The highest BCUT2D eigenvalue weighted by Gasteiger charge is 2.32. The van der Waals surface area contributed by atoms with Crippen molar-refractivity contribution in [2.45, 2.75) is 32.9 Å². The molecule has 1 aliphatic heterocycles. The summed E-state index contributed by atoms with van der Waals surface area (Å²) in [4.78, 5) is 0. The van der Waals surface area contributed by atoms with Gasteiger partial charge in [0.15, 0.2) is 0 Å². The molecule has 1 saturated heterocycles. The SMILES string of the molecule is [B]C1OC(C)C(C)C1C. The minimum atomic E-state index is -0.0324. The second-order valence-corrected chi connectivity index (χ2v) is 3.02. The minimum Gasteiger partial charge on any atom is -0.384 e. The molecule has 0 aromatic heterocycles. The van der Waals surface area contributed by atoms with E-state index in [4.69, 9.17) is 12.6 Å². The average molecular weight is 124 g/mol. The lowest BCUT2D eigenvalue weighted by atomic mass is 9.82. The molecule has 9 heavy (non-hydrogen) atoms. The van der Waals surface area contributed by atoms with Crippen molar-refractivity contribution >= 4 is 7.85 Å². The molecule has 1 aliphatic rings. The highest BCUT2D eigenvalue weighted by molar-refractivity contribution is 6.11. The predicted molar refractivity (Wildman–Crippen MR) is 38.4 cm³/mol. The molecule has 4 unspecified atom stereocenters. The van der Waals surface area contributed by atoms with Crippen LogP contribution in [0.25, 0.3) is 0 Å². The molecular weight excluding hydrogens is 111 g/mol. The van der Waals surface area contributed by atoms with E-state index in [0.717, 1.165) is 0 Å². The molecule has 0 aliphatic carbocycles. The van der Waals surface area contributed by atoms with Gasteiger partial charge in [-0.05, 0) is 18.8 Å². The normalized spacial score (nSPS) is 51.9. The molecular formula is C7H13BO. The van der Waals surface area contributed by atoms with Crippen molar-refractivity contribution < 1.29 is 4.74 Å². The molecule has 1 heterocycles. The lowest BCUT2D eigenvalue weighted by Gasteiger charge is -2.10. The third-order valence-corrected chi connectivity index (χ3v) is 2.46. The molecule has 1 fully saturated rings. The minimum absolute atomic E-state index is 0.0324. The Bertz CT molecular complexity index is 93.1. The van der Waals surface area contributed by atoms with Crippen molar-refractivity contribution in [3.8, 4) is 0 Å². The Hall–Kier alpha value is 0.0249. The molecule has 4 atom stereocenters. The molecule has 0 spiro atoms. The number of hydrogen-bond donors (Lipinski definition) is 0. The van der Waals surface area contributed by atoms with Gasteiger partial charge in [-0.3, -0.25) is 0 Å². The van der Waals surface area contributed by atoms with Crippen molar-refractivity contribution in [1.29, 1.82) is 0 Å². The van der Waals surface area contributed by atoms with E-state index in [9.17, 15) is 0 Å². The maximum Gasteiger partial charge on any atom is 0.109 e. The van der Waals surface area contributed by atoms with Crippen LogP contribution in [0.3, 0.4) is 0 Å². The first-order valence-electron chi connectivity index (χ1n) is 3.54. The zero-order chi connectivity index (χ0) is 7.02. The average Bonchev–Trinajstić information content (AvgIpc) is 1.98. The third-order valence-electron chi connectivity index (χ3n) is 2.46. The molecule has 0 amide bonds. The van der Waals surface area contributed by atoms with Crippen LogP contribution >= 0.6 is 0 Å². The van der Waals surface area contributed by atoms with E-state index < -0.39 is 0 Å². The Morgan fingerprint density at radius 3 is 1.78 bits per heavy atom. The fraction of sp³-hybridized carbons (Fsp3) is 1.00. The van der Waals surface area contributed by atoms with Gasteiger partial charge < -0.3 is 4.74 Å².